The predicted octanol–water partition coefficient (Wildman–Crippen LogP) is 3.57. The number of H-pyrrole nitrogens is 1. The van der Waals surface area contributed by atoms with Crippen molar-refractivity contribution in [2.24, 2.45) is 0 Å². The van der Waals surface area contributed by atoms with Crippen molar-refractivity contribution in [3.8, 4) is 0 Å². The van der Waals surface area contributed by atoms with Crippen LogP contribution in [0.4, 0.5) is 4.39 Å². The van der Waals surface area contributed by atoms with Crippen LogP contribution in [0.2, 0.25) is 5.02 Å². The second-order valence-corrected chi connectivity index (χ2v) is 8.38. The van der Waals surface area contributed by atoms with Gasteiger partial charge >= 0.3 is 0 Å². The van der Waals surface area contributed by atoms with E-state index in [1.807, 2.05) is 12.1 Å². The number of aryl methyl sites for hydroxylation is 1. The Morgan fingerprint density at radius 1 is 1.19 bits per heavy atom. The van der Waals surface area contributed by atoms with Gasteiger partial charge in [0.25, 0.3) is 0 Å². The van der Waals surface area contributed by atoms with Crippen LogP contribution in [0.1, 0.15) is 43.2 Å². The molecule has 1 saturated heterocycles. The van der Waals surface area contributed by atoms with Crippen molar-refractivity contribution in [1.29, 1.82) is 0 Å². The standard InChI is InChI=1S/C24H24ClFN4O2/c1-15-2-5-19(25)22(23(15)26)24(32)17-11-20(29-13-17)21(31)10-16-3-4-18(28-12-16)14-30-8-6-27-7-9-30/h2-5,11-13,27,29H,6-10,14H2,1H3. The number of hydrogen-bond donors (Lipinski definition) is 2. The Hall–Kier alpha value is -2.87. The summed E-state index contributed by atoms with van der Waals surface area (Å²) in [6.45, 7) is 6.31. The number of carbonyl (C=O) groups excluding carboxylic acids is 2. The lowest BCUT2D eigenvalue weighted by atomic mass is 10.0. The topological polar surface area (TPSA) is 78.1 Å². The highest BCUT2D eigenvalue weighted by Gasteiger charge is 2.22. The summed E-state index contributed by atoms with van der Waals surface area (Å²) in [5, 5.41) is 3.36. The molecule has 3 heterocycles. The molecule has 0 saturated carbocycles. The fraction of sp³-hybridized carbons (Fsp3) is 0.292. The third-order valence-corrected chi connectivity index (χ3v) is 5.92. The molecular formula is C24H24ClFN4O2. The quantitative estimate of drug-likeness (QED) is 0.534. The van der Waals surface area contributed by atoms with Gasteiger partial charge in [-0.05, 0) is 36.2 Å². The number of rotatable bonds is 7. The second kappa shape index (κ2) is 9.73. The zero-order valence-corrected chi connectivity index (χ0v) is 18.5. The summed E-state index contributed by atoms with van der Waals surface area (Å²) in [6.07, 6.45) is 3.27. The average molecular weight is 455 g/mol. The Morgan fingerprint density at radius 3 is 2.69 bits per heavy atom. The summed E-state index contributed by atoms with van der Waals surface area (Å²) in [6, 6.07) is 8.29. The van der Waals surface area contributed by atoms with Gasteiger partial charge in [0.05, 0.1) is 22.0 Å². The molecule has 0 bridgehead atoms. The molecule has 4 rings (SSSR count). The van der Waals surface area contributed by atoms with E-state index in [0.29, 0.717) is 5.56 Å². The van der Waals surface area contributed by atoms with Crippen LogP contribution in [0, 0.1) is 12.7 Å². The molecule has 3 aromatic rings. The van der Waals surface area contributed by atoms with Crippen LogP contribution in [0.3, 0.4) is 0 Å². The number of nitrogens with one attached hydrogen (secondary N) is 2. The van der Waals surface area contributed by atoms with Crippen molar-refractivity contribution in [3.05, 3.63) is 87.2 Å². The smallest absolute Gasteiger partial charge is 0.199 e. The van der Waals surface area contributed by atoms with E-state index in [1.165, 1.54) is 24.4 Å². The number of nitrogens with zero attached hydrogens (tertiary/aromatic N) is 2. The molecule has 0 amide bonds. The summed E-state index contributed by atoms with van der Waals surface area (Å²) < 4.78 is 14.4. The summed E-state index contributed by atoms with van der Waals surface area (Å²) >= 11 is 6.05. The number of Topliss-reactive ketones (excluding diaryl/α,β-unsaturated/α-hetero) is 1. The van der Waals surface area contributed by atoms with Gasteiger partial charge in [-0.1, -0.05) is 23.7 Å². The van der Waals surface area contributed by atoms with Gasteiger partial charge in [-0.15, -0.1) is 0 Å². The van der Waals surface area contributed by atoms with Crippen molar-refractivity contribution >= 4 is 23.2 Å². The van der Waals surface area contributed by atoms with Crippen molar-refractivity contribution in [3.63, 3.8) is 0 Å². The zero-order chi connectivity index (χ0) is 22.7. The first-order valence-corrected chi connectivity index (χ1v) is 10.9. The van der Waals surface area contributed by atoms with E-state index in [2.05, 4.69) is 20.2 Å². The number of ketones is 2. The Labute approximate surface area is 190 Å². The Balaban J connectivity index is 1.42. The molecule has 2 aromatic heterocycles. The number of benzene rings is 1. The van der Waals surface area contributed by atoms with Crippen LogP contribution in [-0.4, -0.2) is 52.6 Å². The first kappa shape index (κ1) is 22.3. The second-order valence-electron chi connectivity index (χ2n) is 7.97. The monoisotopic (exact) mass is 454 g/mol. The summed E-state index contributed by atoms with van der Waals surface area (Å²) in [5.74, 6) is -1.40. The van der Waals surface area contributed by atoms with Gasteiger partial charge in [-0.25, -0.2) is 4.39 Å². The molecule has 1 aromatic carbocycles. The first-order chi connectivity index (χ1) is 15.4. The van der Waals surface area contributed by atoms with E-state index in [4.69, 9.17) is 11.6 Å². The van der Waals surface area contributed by atoms with Gasteiger partial charge in [0.2, 0.25) is 0 Å². The van der Waals surface area contributed by atoms with Crippen LogP contribution < -0.4 is 5.32 Å². The minimum Gasteiger partial charge on any atom is -0.358 e. The van der Waals surface area contributed by atoms with Crippen molar-refractivity contribution in [1.82, 2.24) is 20.2 Å². The SMILES string of the molecule is Cc1ccc(Cl)c(C(=O)c2c[nH]c(C(=O)Cc3ccc(CN4CCNCC4)nc3)c2)c1F. The summed E-state index contributed by atoms with van der Waals surface area (Å²) in [4.78, 5) is 35.1. The number of carbonyl (C=O) groups is 2. The minimum absolute atomic E-state index is 0.0409. The normalized spacial score (nSPS) is 14.5. The van der Waals surface area contributed by atoms with Gasteiger partial charge in [0.1, 0.15) is 5.82 Å². The maximum absolute atomic E-state index is 14.4. The zero-order valence-electron chi connectivity index (χ0n) is 17.8. The molecule has 1 aliphatic rings. The molecule has 8 heteroatoms. The lowest BCUT2D eigenvalue weighted by Gasteiger charge is -2.26. The van der Waals surface area contributed by atoms with Gasteiger partial charge in [0, 0.05) is 57.1 Å². The van der Waals surface area contributed by atoms with Crippen LogP contribution in [0.25, 0.3) is 0 Å². The Kier molecular flexibility index (Phi) is 6.79. The van der Waals surface area contributed by atoms with Crippen molar-refractivity contribution in [2.45, 2.75) is 19.9 Å². The van der Waals surface area contributed by atoms with Gasteiger partial charge < -0.3 is 10.3 Å². The van der Waals surface area contributed by atoms with E-state index in [1.54, 1.807) is 13.1 Å². The molecule has 0 atom stereocenters. The number of hydrogen-bond acceptors (Lipinski definition) is 5. The van der Waals surface area contributed by atoms with Crippen LogP contribution >= 0.6 is 11.6 Å². The van der Waals surface area contributed by atoms with Crippen molar-refractivity contribution < 1.29 is 14.0 Å². The first-order valence-electron chi connectivity index (χ1n) is 10.5. The predicted molar refractivity (Wildman–Crippen MR) is 121 cm³/mol. The fourth-order valence-corrected chi connectivity index (χ4v) is 3.96. The van der Waals surface area contributed by atoms with Gasteiger partial charge in [-0.3, -0.25) is 19.5 Å². The van der Waals surface area contributed by atoms with E-state index in [9.17, 15) is 14.0 Å². The maximum Gasteiger partial charge on any atom is 0.199 e. The highest BCUT2D eigenvalue weighted by atomic mass is 35.5. The van der Waals surface area contributed by atoms with Gasteiger partial charge in [-0.2, -0.15) is 0 Å². The number of halogens is 2. The van der Waals surface area contributed by atoms with E-state index in [0.717, 1.165) is 44.0 Å². The lowest BCUT2D eigenvalue weighted by Crippen LogP contribution is -2.43. The minimum atomic E-state index is -0.649. The van der Waals surface area contributed by atoms with E-state index in [-0.39, 0.29) is 34.0 Å². The number of pyridine rings is 1. The number of aromatic nitrogens is 2. The molecule has 2 N–H and O–H groups in total. The molecule has 1 fully saturated rings. The molecule has 1 aliphatic heterocycles. The molecule has 166 valence electrons. The molecule has 6 nitrogen and oxygen atoms in total. The maximum atomic E-state index is 14.4. The average Bonchev–Trinajstić information content (AvgIpc) is 3.29. The molecule has 0 unspecified atom stereocenters. The summed E-state index contributed by atoms with van der Waals surface area (Å²) in [5.41, 5.74) is 2.36. The van der Waals surface area contributed by atoms with Crippen LogP contribution in [0.15, 0.2) is 42.7 Å². The largest absolute Gasteiger partial charge is 0.358 e. The third kappa shape index (κ3) is 4.96. The van der Waals surface area contributed by atoms with Crippen LogP contribution in [0.5, 0.6) is 0 Å². The highest BCUT2D eigenvalue weighted by molar-refractivity contribution is 6.35. The Morgan fingerprint density at radius 2 is 1.97 bits per heavy atom. The van der Waals surface area contributed by atoms with Crippen LogP contribution in [-0.2, 0) is 13.0 Å². The molecule has 32 heavy (non-hydrogen) atoms. The highest BCUT2D eigenvalue weighted by Crippen LogP contribution is 2.25. The fourth-order valence-electron chi connectivity index (χ4n) is 3.73. The van der Waals surface area contributed by atoms with Crippen molar-refractivity contribution in [2.75, 3.05) is 26.2 Å². The van der Waals surface area contributed by atoms with E-state index < -0.39 is 11.6 Å². The third-order valence-electron chi connectivity index (χ3n) is 5.60. The van der Waals surface area contributed by atoms with Gasteiger partial charge in [0.15, 0.2) is 11.6 Å². The summed E-state index contributed by atoms with van der Waals surface area (Å²) in [7, 11) is 0. The Bertz CT molecular complexity index is 1140. The molecular weight excluding hydrogens is 431 g/mol. The molecule has 0 radical (unpaired) electrons. The molecule has 0 spiro atoms. The lowest BCUT2D eigenvalue weighted by molar-refractivity contribution is 0.0988. The van der Waals surface area contributed by atoms with E-state index >= 15 is 0 Å². The molecule has 0 aliphatic carbocycles. The number of piperazine rings is 1. The number of aromatic amines is 1.